The van der Waals surface area contributed by atoms with Crippen molar-refractivity contribution in [2.75, 3.05) is 0 Å². The van der Waals surface area contributed by atoms with Crippen LogP contribution in [0.15, 0.2) is 5.51 Å². The van der Waals surface area contributed by atoms with E-state index in [4.69, 9.17) is 0 Å². The molecule has 0 saturated heterocycles. The van der Waals surface area contributed by atoms with E-state index in [-0.39, 0.29) is 0 Å². The Bertz CT molecular complexity index is 184. The average molecular weight is 138 g/mol. The highest BCUT2D eigenvalue weighted by molar-refractivity contribution is 7.09. The van der Waals surface area contributed by atoms with Crippen molar-refractivity contribution in [2.24, 2.45) is 0 Å². The van der Waals surface area contributed by atoms with Crippen LogP contribution >= 0.6 is 11.3 Å². The normalized spacial score (nSPS) is 17.3. The molecule has 0 aromatic carbocycles. The van der Waals surface area contributed by atoms with E-state index in [2.05, 4.69) is 11.4 Å². The fourth-order valence-corrected chi connectivity index (χ4v) is 1.95. The lowest BCUT2D eigenvalue weighted by Crippen LogP contribution is -1.99. The molecule has 1 aromatic heterocycles. The van der Waals surface area contributed by atoms with Crippen molar-refractivity contribution in [1.82, 2.24) is 4.98 Å². The summed E-state index contributed by atoms with van der Waals surface area (Å²) in [6, 6.07) is 0. The van der Waals surface area contributed by atoms with Crippen LogP contribution < -0.4 is 0 Å². The predicted octanol–water partition coefficient (Wildman–Crippen LogP) is 1.84. The van der Waals surface area contributed by atoms with E-state index in [1.165, 1.54) is 23.4 Å². The number of fused-ring (bicyclic) bond motifs is 1. The minimum absolute atomic E-state index is 1.10. The van der Waals surface area contributed by atoms with Crippen molar-refractivity contribution in [3.05, 3.63) is 22.5 Å². The Morgan fingerprint density at radius 3 is 3.44 bits per heavy atom. The maximum atomic E-state index is 4.24. The number of nitrogens with zero attached hydrogens (tertiary/aromatic N) is 1. The first-order chi connectivity index (χ1) is 4.47. The van der Waals surface area contributed by atoms with Gasteiger partial charge in [0.15, 0.2) is 0 Å². The smallest absolute Gasteiger partial charge is 0.0797 e. The van der Waals surface area contributed by atoms with Crippen molar-refractivity contribution in [2.45, 2.75) is 19.3 Å². The topological polar surface area (TPSA) is 12.9 Å². The lowest BCUT2D eigenvalue weighted by atomic mass is 10.0. The molecule has 1 nitrogen and oxygen atoms in total. The molecule has 1 radical (unpaired) electrons. The van der Waals surface area contributed by atoms with Crippen molar-refractivity contribution in [1.29, 1.82) is 0 Å². The van der Waals surface area contributed by atoms with Gasteiger partial charge in [-0.15, -0.1) is 11.3 Å². The Hall–Kier alpha value is -0.370. The fourth-order valence-electron chi connectivity index (χ4n) is 1.14. The van der Waals surface area contributed by atoms with Gasteiger partial charge in [0.05, 0.1) is 11.2 Å². The Kier molecular flexibility index (Phi) is 1.27. The lowest BCUT2D eigenvalue weighted by molar-refractivity contribution is 0.826. The van der Waals surface area contributed by atoms with Gasteiger partial charge < -0.3 is 0 Å². The van der Waals surface area contributed by atoms with Crippen LogP contribution in [0.1, 0.15) is 17.0 Å². The first-order valence-electron chi connectivity index (χ1n) is 3.20. The highest BCUT2D eigenvalue weighted by atomic mass is 32.1. The third-order valence-corrected chi connectivity index (χ3v) is 2.57. The standard InChI is InChI=1S/C7H8NS/c1-2-4-7-6(3-1)8-5-9-7/h1,5H,2-4H2. The SMILES string of the molecule is [CH]1CCc2scnc2C1. The van der Waals surface area contributed by atoms with E-state index in [1.807, 2.05) is 5.51 Å². The highest BCUT2D eigenvalue weighted by Gasteiger charge is 2.10. The number of hydrogen-bond acceptors (Lipinski definition) is 2. The van der Waals surface area contributed by atoms with Gasteiger partial charge >= 0.3 is 0 Å². The summed E-state index contributed by atoms with van der Waals surface area (Å²) in [5, 5.41) is 0. The monoisotopic (exact) mass is 138 g/mol. The van der Waals surface area contributed by atoms with Gasteiger partial charge in [-0.05, 0) is 25.7 Å². The molecule has 0 aliphatic heterocycles. The summed E-state index contributed by atoms with van der Waals surface area (Å²) in [6.07, 6.45) is 5.87. The molecule has 1 aromatic rings. The van der Waals surface area contributed by atoms with Crippen LogP contribution in [0, 0.1) is 6.42 Å². The Morgan fingerprint density at radius 2 is 2.56 bits per heavy atom. The van der Waals surface area contributed by atoms with Gasteiger partial charge in [0.25, 0.3) is 0 Å². The number of hydrogen-bond donors (Lipinski definition) is 0. The number of thiazole rings is 1. The summed E-state index contributed by atoms with van der Waals surface area (Å²) in [5.41, 5.74) is 3.26. The molecule has 9 heavy (non-hydrogen) atoms. The van der Waals surface area contributed by atoms with Gasteiger partial charge in [0, 0.05) is 4.88 Å². The zero-order chi connectivity index (χ0) is 6.10. The fraction of sp³-hybridized carbons (Fsp3) is 0.429. The molecule has 0 unspecified atom stereocenters. The third-order valence-electron chi connectivity index (χ3n) is 1.64. The van der Waals surface area contributed by atoms with Crippen LogP contribution in [-0.4, -0.2) is 4.98 Å². The van der Waals surface area contributed by atoms with Gasteiger partial charge in [0.2, 0.25) is 0 Å². The zero-order valence-corrected chi connectivity index (χ0v) is 5.95. The Labute approximate surface area is 58.7 Å². The predicted molar refractivity (Wildman–Crippen MR) is 38.4 cm³/mol. The Morgan fingerprint density at radius 1 is 1.56 bits per heavy atom. The minimum atomic E-state index is 1.10. The molecule has 47 valence electrons. The molecule has 0 N–H and O–H groups in total. The zero-order valence-electron chi connectivity index (χ0n) is 5.13. The molecule has 0 saturated carbocycles. The molecule has 1 heterocycles. The van der Waals surface area contributed by atoms with Crippen LogP contribution in [0.5, 0.6) is 0 Å². The van der Waals surface area contributed by atoms with Crippen molar-refractivity contribution in [3.63, 3.8) is 0 Å². The van der Waals surface area contributed by atoms with Crippen LogP contribution in [-0.2, 0) is 12.8 Å². The summed E-state index contributed by atoms with van der Waals surface area (Å²) in [4.78, 5) is 5.74. The molecular formula is C7H8NS. The molecule has 0 atom stereocenters. The van der Waals surface area contributed by atoms with Crippen LogP contribution in [0.2, 0.25) is 0 Å². The van der Waals surface area contributed by atoms with Gasteiger partial charge in [0.1, 0.15) is 0 Å². The molecule has 2 rings (SSSR count). The number of aryl methyl sites for hydroxylation is 1. The molecule has 1 aliphatic rings. The van der Waals surface area contributed by atoms with Crippen molar-refractivity contribution >= 4 is 11.3 Å². The van der Waals surface area contributed by atoms with E-state index < -0.39 is 0 Å². The molecule has 0 spiro atoms. The first kappa shape index (κ1) is 5.42. The van der Waals surface area contributed by atoms with E-state index in [0.717, 1.165) is 6.42 Å². The maximum absolute atomic E-state index is 4.24. The number of aromatic nitrogens is 1. The van der Waals surface area contributed by atoms with E-state index in [9.17, 15) is 0 Å². The van der Waals surface area contributed by atoms with E-state index in [0.29, 0.717) is 0 Å². The molecule has 0 bridgehead atoms. The summed E-state index contributed by atoms with van der Waals surface area (Å²) < 4.78 is 0. The van der Waals surface area contributed by atoms with Crippen LogP contribution in [0.25, 0.3) is 0 Å². The second kappa shape index (κ2) is 2.10. The van der Waals surface area contributed by atoms with Gasteiger partial charge in [-0.1, -0.05) is 0 Å². The molecule has 0 amide bonds. The average Bonchev–Trinajstić information content (AvgIpc) is 2.33. The second-order valence-corrected chi connectivity index (χ2v) is 3.19. The van der Waals surface area contributed by atoms with Crippen LogP contribution in [0.4, 0.5) is 0 Å². The number of rotatable bonds is 0. The summed E-state index contributed by atoms with van der Waals surface area (Å²) >= 11 is 1.79. The van der Waals surface area contributed by atoms with Gasteiger partial charge in [-0.2, -0.15) is 0 Å². The van der Waals surface area contributed by atoms with E-state index >= 15 is 0 Å². The minimum Gasteiger partial charge on any atom is -0.249 e. The summed E-state index contributed by atoms with van der Waals surface area (Å²) in [5.74, 6) is 0. The second-order valence-electron chi connectivity index (χ2n) is 2.25. The largest absolute Gasteiger partial charge is 0.249 e. The van der Waals surface area contributed by atoms with Crippen LogP contribution in [0.3, 0.4) is 0 Å². The molecule has 2 heteroatoms. The first-order valence-corrected chi connectivity index (χ1v) is 4.07. The van der Waals surface area contributed by atoms with Crippen molar-refractivity contribution < 1.29 is 0 Å². The lowest BCUT2D eigenvalue weighted by Gasteiger charge is -2.06. The van der Waals surface area contributed by atoms with Gasteiger partial charge in [-0.25, -0.2) is 4.98 Å². The molecule has 1 aliphatic carbocycles. The summed E-state index contributed by atoms with van der Waals surface area (Å²) in [6.45, 7) is 0. The molecule has 0 fully saturated rings. The third kappa shape index (κ3) is 0.874. The summed E-state index contributed by atoms with van der Waals surface area (Å²) in [7, 11) is 0. The van der Waals surface area contributed by atoms with Crippen molar-refractivity contribution in [3.8, 4) is 0 Å². The quantitative estimate of drug-likeness (QED) is 0.533. The highest BCUT2D eigenvalue weighted by Crippen LogP contribution is 2.22. The van der Waals surface area contributed by atoms with Gasteiger partial charge in [-0.3, -0.25) is 0 Å². The van der Waals surface area contributed by atoms with E-state index in [1.54, 1.807) is 11.3 Å². The maximum Gasteiger partial charge on any atom is 0.0797 e. The Balaban J connectivity index is 2.39. The molecular weight excluding hydrogens is 130 g/mol.